The molecule has 0 amide bonds. The Kier molecular flexibility index (Phi) is 6.32. The lowest BCUT2D eigenvalue weighted by atomic mass is 9.90. The molecule has 102 valence electrons. The standard InChI is InChI=1S/C15H25NOS/c16-9-10-18-15-8-4-7-14(11-15)17-12-13-5-2-1-3-6-13/h4,8,11,13-14H,1-3,5-7,9-10,12,16H2. The second-order valence-corrected chi connectivity index (χ2v) is 6.39. The summed E-state index contributed by atoms with van der Waals surface area (Å²) in [5, 5.41) is 0. The van der Waals surface area contributed by atoms with Gasteiger partial charge in [0.15, 0.2) is 0 Å². The van der Waals surface area contributed by atoms with Gasteiger partial charge in [-0.2, -0.15) is 0 Å². The molecule has 0 aliphatic heterocycles. The molecule has 0 aromatic rings. The van der Waals surface area contributed by atoms with Crippen LogP contribution in [-0.2, 0) is 4.74 Å². The number of rotatable bonds is 6. The van der Waals surface area contributed by atoms with Gasteiger partial charge in [-0.15, -0.1) is 11.8 Å². The molecule has 3 heteroatoms. The van der Waals surface area contributed by atoms with Crippen molar-refractivity contribution in [3.05, 3.63) is 23.1 Å². The van der Waals surface area contributed by atoms with Crippen molar-refractivity contribution < 1.29 is 4.74 Å². The summed E-state index contributed by atoms with van der Waals surface area (Å²) in [6.07, 6.45) is 14.9. The molecule has 0 bridgehead atoms. The van der Waals surface area contributed by atoms with Gasteiger partial charge in [-0.3, -0.25) is 0 Å². The van der Waals surface area contributed by atoms with E-state index in [0.717, 1.165) is 31.2 Å². The van der Waals surface area contributed by atoms with Crippen molar-refractivity contribution >= 4 is 11.8 Å². The van der Waals surface area contributed by atoms with Crippen molar-refractivity contribution in [2.24, 2.45) is 11.7 Å². The SMILES string of the molecule is NCCSC1=CC(OCC2CCCCC2)CC=C1. The lowest BCUT2D eigenvalue weighted by Gasteiger charge is -2.24. The van der Waals surface area contributed by atoms with Crippen molar-refractivity contribution in [1.82, 2.24) is 0 Å². The first-order valence-electron chi connectivity index (χ1n) is 7.21. The first-order valence-corrected chi connectivity index (χ1v) is 8.20. The third-order valence-corrected chi connectivity index (χ3v) is 4.70. The second kappa shape index (κ2) is 8.03. The van der Waals surface area contributed by atoms with Crippen LogP contribution in [0.1, 0.15) is 38.5 Å². The molecule has 1 fully saturated rings. The summed E-state index contributed by atoms with van der Waals surface area (Å²) in [5.74, 6) is 1.80. The summed E-state index contributed by atoms with van der Waals surface area (Å²) in [5.41, 5.74) is 5.53. The maximum absolute atomic E-state index is 6.06. The molecule has 0 aromatic carbocycles. The topological polar surface area (TPSA) is 35.2 Å². The van der Waals surface area contributed by atoms with E-state index in [0.29, 0.717) is 0 Å². The Labute approximate surface area is 115 Å². The Morgan fingerprint density at radius 2 is 2.11 bits per heavy atom. The zero-order valence-electron chi connectivity index (χ0n) is 11.1. The van der Waals surface area contributed by atoms with Crippen LogP contribution in [0.4, 0.5) is 0 Å². The maximum atomic E-state index is 6.06. The quantitative estimate of drug-likeness (QED) is 0.800. The molecule has 2 aliphatic carbocycles. The lowest BCUT2D eigenvalue weighted by Crippen LogP contribution is -2.19. The third-order valence-electron chi connectivity index (χ3n) is 3.66. The predicted molar refractivity (Wildman–Crippen MR) is 79.7 cm³/mol. The Bertz CT molecular complexity index is 295. The minimum atomic E-state index is 0.289. The van der Waals surface area contributed by atoms with Crippen molar-refractivity contribution in [1.29, 1.82) is 0 Å². The molecule has 0 saturated heterocycles. The van der Waals surface area contributed by atoms with Crippen molar-refractivity contribution in [2.75, 3.05) is 18.9 Å². The largest absolute Gasteiger partial charge is 0.373 e. The van der Waals surface area contributed by atoms with E-state index in [2.05, 4.69) is 18.2 Å². The fourth-order valence-corrected chi connectivity index (χ4v) is 3.42. The fraction of sp³-hybridized carbons (Fsp3) is 0.733. The van der Waals surface area contributed by atoms with Gasteiger partial charge in [0.05, 0.1) is 12.7 Å². The molecule has 0 heterocycles. The monoisotopic (exact) mass is 267 g/mol. The van der Waals surface area contributed by atoms with Gasteiger partial charge in [0.25, 0.3) is 0 Å². The Hall–Kier alpha value is -0.250. The molecule has 2 rings (SSSR count). The molecule has 1 saturated carbocycles. The molecule has 0 spiro atoms. The Morgan fingerprint density at radius 3 is 2.89 bits per heavy atom. The molecule has 1 atom stereocenters. The van der Waals surface area contributed by atoms with Gasteiger partial charge >= 0.3 is 0 Å². The highest BCUT2D eigenvalue weighted by atomic mass is 32.2. The van der Waals surface area contributed by atoms with E-state index in [1.807, 2.05) is 11.8 Å². The molecule has 1 unspecified atom stereocenters. The van der Waals surface area contributed by atoms with Crippen molar-refractivity contribution in [3.8, 4) is 0 Å². The zero-order chi connectivity index (χ0) is 12.6. The highest BCUT2D eigenvalue weighted by molar-refractivity contribution is 8.03. The highest BCUT2D eigenvalue weighted by Crippen LogP contribution is 2.26. The molecular weight excluding hydrogens is 242 g/mol. The van der Waals surface area contributed by atoms with E-state index in [9.17, 15) is 0 Å². The van der Waals surface area contributed by atoms with Crippen LogP contribution in [-0.4, -0.2) is 25.0 Å². The van der Waals surface area contributed by atoms with Gasteiger partial charge in [0, 0.05) is 17.2 Å². The number of ether oxygens (including phenoxy) is 1. The number of nitrogens with two attached hydrogens (primary N) is 1. The van der Waals surface area contributed by atoms with Crippen LogP contribution >= 0.6 is 11.8 Å². The van der Waals surface area contributed by atoms with E-state index in [1.54, 1.807) is 0 Å². The van der Waals surface area contributed by atoms with Gasteiger partial charge in [-0.1, -0.05) is 31.4 Å². The van der Waals surface area contributed by atoms with Crippen LogP contribution in [0.15, 0.2) is 23.1 Å². The molecular formula is C15H25NOS. The number of hydrogen-bond acceptors (Lipinski definition) is 3. The van der Waals surface area contributed by atoms with Crippen molar-refractivity contribution in [2.45, 2.75) is 44.6 Å². The number of thioether (sulfide) groups is 1. The minimum Gasteiger partial charge on any atom is -0.373 e. The molecule has 18 heavy (non-hydrogen) atoms. The van der Waals surface area contributed by atoms with Crippen LogP contribution in [0.25, 0.3) is 0 Å². The summed E-state index contributed by atoms with van der Waals surface area (Å²) < 4.78 is 6.06. The maximum Gasteiger partial charge on any atom is 0.0804 e. The smallest absolute Gasteiger partial charge is 0.0804 e. The van der Waals surface area contributed by atoms with Crippen LogP contribution in [0.2, 0.25) is 0 Å². The molecule has 0 radical (unpaired) electrons. The molecule has 0 aromatic heterocycles. The summed E-state index contributed by atoms with van der Waals surface area (Å²) in [4.78, 5) is 1.32. The average Bonchev–Trinajstić information content (AvgIpc) is 2.44. The van der Waals surface area contributed by atoms with Gasteiger partial charge in [-0.05, 0) is 31.3 Å². The summed E-state index contributed by atoms with van der Waals surface area (Å²) in [6.45, 7) is 1.69. The number of allylic oxidation sites excluding steroid dienone is 1. The van der Waals surface area contributed by atoms with E-state index in [1.165, 1.54) is 37.0 Å². The second-order valence-electron chi connectivity index (χ2n) is 5.22. The molecule has 2 aliphatic rings. The summed E-state index contributed by atoms with van der Waals surface area (Å²) in [6, 6.07) is 0. The van der Waals surface area contributed by atoms with Gasteiger partial charge in [0.2, 0.25) is 0 Å². The minimum absolute atomic E-state index is 0.289. The van der Waals surface area contributed by atoms with E-state index < -0.39 is 0 Å². The Morgan fingerprint density at radius 1 is 1.28 bits per heavy atom. The van der Waals surface area contributed by atoms with Crippen LogP contribution in [0.5, 0.6) is 0 Å². The lowest BCUT2D eigenvalue weighted by molar-refractivity contribution is 0.0475. The van der Waals surface area contributed by atoms with Crippen molar-refractivity contribution in [3.63, 3.8) is 0 Å². The third kappa shape index (κ3) is 4.79. The number of hydrogen-bond donors (Lipinski definition) is 1. The van der Waals surface area contributed by atoms with Gasteiger partial charge in [-0.25, -0.2) is 0 Å². The van der Waals surface area contributed by atoms with E-state index >= 15 is 0 Å². The van der Waals surface area contributed by atoms with Gasteiger partial charge < -0.3 is 10.5 Å². The zero-order valence-corrected chi connectivity index (χ0v) is 12.0. The molecule has 2 N–H and O–H groups in total. The Balaban J connectivity index is 1.71. The molecule has 2 nitrogen and oxygen atoms in total. The van der Waals surface area contributed by atoms with Crippen LogP contribution in [0.3, 0.4) is 0 Å². The van der Waals surface area contributed by atoms with Crippen LogP contribution < -0.4 is 5.73 Å². The van der Waals surface area contributed by atoms with E-state index in [-0.39, 0.29) is 6.10 Å². The first kappa shape index (κ1) is 14.2. The van der Waals surface area contributed by atoms with E-state index in [4.69, 9.17) is 10.5 Å². The normalized spacial score (nSPS) is 25.2. The summed E-state index contributed by atoms with van der Waals surface area (Å²) >= 11 is 1.83. The van der Waals surface area contributed by atoms with Crippen LogP contribution in [0, 0.1) is 5.92 Å². The highest BCUT2D eigenvalue weighted by Gasteiger charge is 2.16. The average molecular weight is 267 g/mol. The summed E-state index contributed by atoms with van der Waals surface area (Å²) in [7, 11) is 0. The first-order chi connectivity index (χ1) is 8.88. The van der Waals surface area contributed by atoms with Gasteiger partial charge in [0.1, 0.15) is 0 Å². The fourth-order valence-electron chi connectivity index (χ4n) is 2.63. The predicted octanol–water partition coefficient (Wildman–Crippen LogP) is 3.49.